The first-order chi connectivity index (χ1) is 13.7. The van der Waals surface area contributed by atoms with E-state index in [1.165, 1.54) is 0 Å². The van der Waals surface area contributed by atoms with E-state index in [1.54, 1.807) is 19.1 Å². The monoisotopic (exact) mass is 514 g/mol. The van der Waals surface area contributed by atoms with Crippen LogP contribution in [0.2, 0.25) is 0 Å². The Balaban J connectivity index is -0.000000196. The average Bonchev–Trinajstić information content (AvgIpc) is 2.61. The van der Waals surface area contributed by atoms with E-state index in [1.807, 2.05) is 0 Å². The Morgan fingerprint density at radius 1 is 0.933 bits per heavy atom. The van der Waals surface area contributed by atoms with Gasteiger partial charge in [-0.1, -0.05) is 32.9 Å². The summed E-state index contributed by atoms with van der Waals surface area (Å²) in [5.74, 6) is 0. The van der Waals surface area contributed by atoms with Gasteiger partial charge in [-0.15, -0.1) is 13.2 Å². The fourth-order valence-corrected chi connectivity index (χ4v) is 2.76. The summed E-state index contributed by atoms with van der Waals surface area (Å²) in [7, 11) is 0. The Hall–Kier alpha value is -0.197. The molecule has 11 heteroatoms. The molecule has 0 aliphatic rings. The molecule has 0 aliphatic heterocycles. The molecule has 182 valence electrons. The van der Waals surface area contributed by atoms with Crippen LogP contribution in [0.15, 0.2) is 25.3 Å². The number of nitrogens with two attached hydrogens (primary N) is 6. The second kappa shape index (κ2) is 22.0. The third-order valence-corrected chi connectivity index (χ3v) is 4.59. The first kappa shape index (κ1) is 37.1. The van der Waals surface area contributed by atoms with Crippen molar-refractivity contribution in [1.82, 2.24) is 0 Å². The van der Waals surface area contributed by atoms with Gasteiger partial charge in [0.2, 0.25) is 0 Å². The van der Waals surface area contributed by atoms with E-state index in [9.17, 15) is 7.92 Å². The van der Waals surface area contributed by atoms with E-state index in [2.05, 4.69) is 36.7 Å². The molecule has 0 aromatic carbocycles. The molecule has 0 rings (SSSR count). The number of hydrogen-bond donors (Lipinski definition) is 8. The number of rotatable bonds is 10. The molecule has 0 saturated carbocycles. The second-order valence-corrected chi connectivity index (χ2v) is 9.67. The summed E-state index contributed by atoms with van der Waals surface area (Å²) in [6, 6.07) is 0. The molecular formula is C19H48N6O4Zr. The zero-order valence-corrected chi connectivity index (χ0v) is 21.9. The van der Waals surface area contributed by atoms with Crippen LogP contribution in [0.5, 0.6) is 0 Å². The van der Waals surface area contributed by atoms with Crippen molar-refractivity contribution in [1.29, 1.82) is 0 Å². The molecule has 0 radical (unpaired) electrons. The smallest absolute Gasteiger partial charge is 0.00461 e. The zero-order chi connectivity index (χ0) is 24.9. The topological polar surface area (TPSA) is 223 Å². The van der Waals surface area contributed by atoms with Crippen LogP contribution in [-0.4, -0.2) is 52.3 Å². The van der Waals surface area contributed by atoms with E-state index < -0.39 is 33.9 Å². The predicted molar refractivity (Wildman–Crippen MR) is 121 cm³/mol. The van der Waals surface area contributed by atoms with Crippen molar-refractivity contribution >= 4 is 0 Å². The van der Waals surface area contributed by atoms with Gasteiger partial charge < -0.3 is 39.5 Å². The van der Waals surface area contributed by atoms with E-state index in [0.717, 1.165) is 0 Å². The van der Waals surface area contributed by atoms with Crippen molar-refractivity contribution in [2.45, 2.75) is 58.2 Å². The van der Waals surface area contributed by atoms with Crippen molar-refractivity contribution < 1.29 is 36.6 Å². The molecule has 0 bridgehead atoms. The van der Waals surface area contributed by atoms with Gasteiger partial charge in [-0.3, -0.25) is 0 Å². The Labute approximate surface area is 192 Å². The van der Waals surface area contributed by atoms with Crippen LogP contribution >= 0.6 is 0 Å². The maximum Gasteiger partial charge on any atom is 0.00461 e. The predicted octanol–water partition coefficient (Wildman–Crippen LogP) is -0.464. The van der Waals surface area contributed by atoms with Crippen LogP contribution in [0, 0.1) is 5.41 Å². The van der Waals surface area contributed by atoms with Gasteiger partial charge in [0.15, 0.2) is 0 Å². The van der Waals surface area contributed by atoms with Crippen molar-refractivity contribution in [2.24, 2.45) is 39.8 Å². The van der Waals surface area contributed by atoms with Gasteiger partial charge in [0, 0.05) is 32.6 Å². The molecule has 0 aromatic heterocycles. The molecule has 10 nitrogen and oxygen atoms in total. The quantitative estimate of drug-likeness (QED) is 0.138. The summed E-state index contributed by atoms with van der Waals surface area (Å²) in [5.41, 5.74) is 29.5. The Morgan fingerprint density at radius 3 is 1.47 bits per heavy atom. The van der Waals surface area contributed by atoms with Crippen molar-refractivity contribution in [3.63, 3.8) is 0 Å². The fourth-order valence-electron chi connectivity index (χ4n) is 2.15. The van der Waals surface area contributed by atoms with Gasteiger partial charge in [-0.05, 0) is 18.3 Å². The first-order valence-corrected chi connectivity index (χ1v) is 13.0. The fraction of sp³-hybridized carbons (Fsp3) is 0.789. The van der Waals surface area contributed by atoms with Crippen molar-refractivity contribution in [3.05, 3.63) is 25.3 Å². The van der Waals surface area contributed by atoms with E-state index in [4.69, 9.17) is 37.6 Å². The summed E-state index contributed by atoms with van der Waals surface area (Å²) in [6.45, 7) is 17.9. The molecule has 0 aromatic rings. The van der Waals surface area contributed by atoms with Gasteiger partial charge in [0.1, 0.15) is 5.72 Å². The van der Waals surface area contributed by atoms with Gasteiger partial charge in [-0.2, -0.15) is 0 Å². The van der Waals surface area contributed by atoms with Crippen molar-refractivity contribution in [2.75, 3.05) is 32.8 Å². The SMILES string of the molecule is C=CCC(N)(O)C(N)(CC=C)CC(C)(C)C.CC[O][Zr](=[O])[OH].NCCN.NCCN. The molecule has 14 N–H and O–H groups in total. The molecule has 0 heterocycles. The van der Waals surface area contributed by atoms with Crippen LogP contribution in [0.1, 0.15) is 47.0 Å². The molecule has 0 spiro atoms. The van der Waals surface area contributed by atoms with Crippen LogP contribution in [0.3, 0.4) is 0 Å². The second-order valence-electron chi connectivity index (χ2n) is 7.66. The summed E-state index contributed by atoms with van der Waals surface area (Å²) < 4.78 is 21.9. The minimum absolute atomic E-state index is 0.00766. The van der Waals surface area contributed by atoms with Crippen LogP contribution < -0.4 is 34.4 Å². The van der Waals surface area contributed by atoms with E-state index in [0.29, 0.717) is 45.6 Å². The third-order valence-electron chi connectivity index (χ3n) is 3.27. The molecule has 30 heavy (non-hydrogen) atoms. The van der Waals surface area contributed by atoms with Crippen LogP contribution in [0.25, 0.3) is 0 Å². The summed E-state index contributed by atoms with van der Waals surface area (Å²) in [4.78, 5) is 0. The van der Waals surface area contributed by atoms with Gasteiger partial charge >= 0.3 is 45.0 Å². The van der Waals surface area contributed by atoms with Gasteiger partial charge in [0.25, 0.3) is 0 Å². The molecule has 0 fully saturated rings. The van der Waals surface area contributed by atoms with E-state index in [-0.39, 0.29) is 11.8 Å². The first-order valence-electron chi connectivity index (χ1n) is 9.86. The van der Waals surface area contributed by atoms with Gasteiger partial charge in [0.05, 0.1) is 5.54 Å². The summed E-state index contributed by atoms with van der Waals surface area (Å²) in [5, 5.41) is 10.3. The molecule has 2 unspecified atom stereocenters. The van der Waals surface area contributed by atoms with Crippen LogP contribution in [0.4, 0.5) is 0 Å². The normalized spacial score (nSPS) is 14.1. The maximum absolute atomic E-state index is 10.3. The standard InChI is InChI=1S/C13H26N2O.2C2H8N2.C2H5O.H2O.O.Zr/c1-6-8-12(14,10-11(3,4)5)13(15,16)9-7-2;2*3-1-2-4;1-2-3;;;/h6-7,16H,1-2,8-10,14-15H2,3-5H3;2*1-4H2;2H2,1H3;1H2;;/q;;;-1;;;+2/p-1. The van der Waals surface area contributed by atoms with E-state index >= 15 is 0 Å². The summed E-state index contributed by atoms with van der Waals surface area (Å²) >= 11 is -3.37. The average molecular weight is 516 g/mol. The molecular weight excluding hydrogens is 467 g/mol. The number of hydrogen-bond acceptors (Lipinski definition) is 9. The Morgan fingerprint density at radius 2 is 1.30 bits per heavy atom. The minimum atomic E-state index is -3.37. The summed E-state index contributed by atoms with van der Waals surface area (Å²) in [6.07, 6.45) is 4.66. The minimum Gasteiger partial charge on any atom is -0.329 e. The largest absolute Gasteiger partial charge is 0.329 e. The Kier molecular flexibility index (Phi) is 27.2. The number of aliphatic hydroxyl groups is 1. The molecule has 0 saturated heterocycles. The van der Waals surface area contributed by atoms with Crippen molar-refractivity contribution in [3.8, 4) is 0 Å². The zero-order valence-electron chi connectivity index (χ0n) is 19.4. The Bertz CT molecular complexity index is 426. The molecule has 0 amide bonds. The molecule has 0 aliphatic carbocycles. The van der Waals surface area contributed by atoms with Gasteiger partial charge in [-0.25, -0.2) is 0 Å². The third kappa shape index (κ3) is 25.8. The maximum atomic E-state index is 10.3. The molecule has 2 atom stereocenters. The van der Waals surface area contributed by atoms with Crippen LogP contribution in [-0.2, 0) is 28.3 Å².